The Labute approximate surface area is 105 Å². The first kappa shape index (κ1) is 12.2. The number of fused-ring (bicyclic) bond motifs is 1. The van der Waals surface area contributed by atoms with Crippen LogP contribution in [0.25, 0.3) is 0 Å². The zero-order chi connectivity index (χ0) is 12.3. The molecule has 5 heteroatoms. The second-order valence-corrected chi connectivity index (χ2v) is 4.43. The van der Waals surface area contributed by atoms with Gasteiger partial charge in [-0.15, -0.1) is 0 Å². The van der Waals surface area contributed by atoms with E-state index in [-0.39, 0.29) is 18.5 Å². The molecule has 1 amide bonds. The fraction of sp³-hybridized carbons (Fsp3) is 0.417. The van der Waals surface area contributed by atoms with Gasteiger partial charge in [0.2, 0.25) is 5.91 Å². The summed E-state index contributed by atoms with van der Waals surface area (Å²) >= 11 is 5.97. The highest BCUT2D eigenvalue weighted by molar-refractivity contribution is 6.30. The maximum absolute atomic E-state index is 11.4. The van der Waals surface area contributed by atoms with Crippen molar-refractivity contribution < 1.29 is 9.53 Å². The number of carbonyl (C=O) groups is 1. The molecule has 3 N–H and O–H groups in total. The number of nitrogens with two attached hydrogens (primary N) is 1. The van der Waals surface area contributed by atoms with E-state index in [0.29, 0.717) is 11.6 Å². The van der Waals surface area contributed by atoms with Crippen molar-refractivity contribution in [1.82, 2.24) is 5.32 Å². The van der Waals surface area contributed by atoms with Crippen LogP contribution in [0.15, 0.2) is 18.2 Å². The number of ether oxygens (including phenoxy) is 1. The lowest BCUT2D eigenvalue weighted by molar-refractivity contribution is -0.120. The van der Waals surface area contributed by atoms with Crippen LogP contribution >= 0.6 is 11.6 Å². The van der Waals surface area contributed by atoms with Gasteiger partial charge in [0, 0.05) is 10.6 Å². The van der Waals surface area contributed by atoms with Crippen molar-refractivity contribution in [2.24, 2.45) is 5.73 Å². The van der Waals surface area contributed by atoms with Gasteiger partial charge in [0.1, 0.15) is 5.75 Å². The topological polar surface area (TPSA) is 64.4 Å². The van der Waals surface area contributed by atoms with E-state index in [4.69, 9.17) is 22.1 Å². The van der Waals surface area contributed by atoms with Crippen LogP contribution in [0, 0.1) is 0 Å². The molecule has 1 aromatic carbocycles. The van der Waals surface area contributed by atoms with Crippen LogP contribution in [-0.4, -0.2) is 19.1 Å². The van der Waals surface area contributed by atoms with E-state index in [9.17, 15) is 4.79 Å². The Balaban J connectivity index is 2.28. The van der Waals surface area contributed by atoms with Crippen LogP contribution in [0.2, 0.25) is 5.02 Å². The van der Waals surface area contributed by atoms with Crippen molar-refractivity contribution >= 4 is 17.5 Å². The Morgan fingerprint density at radius 3 is 3.18 bits per heavy atom. The molecule has 0 aromatic heterocycles. The fourth-order valence-corrected chi connectivity index (χ4v) is 2.13. The van der Waals surface area contributed by atoms with Crippen molar-refractivity contribution in [3.8, 4) is 5.75 Å². The highest BCUT2D eigenvalue weighted by Gasteiger charge is 2.21. The minimum Gasteiger partial charge on any atom is -0.493 e. The molecule has 1 aliphatic rings. The summed E-state index contributed by atoms with van der Waals surface area (Å²) in [6.45, 7) is 0.650. The first-order valence-corrected chi connectivity index (χ1v) is 6.00. The second kappa shape index (κ2) is 5.38. The predicted octanol–water partition coefficient (Wildman–Crippen LogP) is 1.63. The number of hydrogen-bond acceptors (Lipinski definition) is 3. The summed E-state index contributed by atoms with van der Waals surface area (Å²) in [5, 5.41) is 3.53. The van der Waals surface area contributed by atoms with Crippen molar-refractivity contribution in [1.29, 1.82) is 0 Å². The largest absolute Gasteiger partial charge is 0.493 e. The van der Waals surface area contributed by atoms with Crippen LogP contribution in [0.5, 0.6) is 5.75 Å². The molecule has 0 spiro atoms. The molecule has 0 saturated heterocycles. The monoisotopic (exact) mass is 254 g/mol. The minimum absolute atomic E-state index is 0.00669. The van der Waals surface area contributed by atoms with Gasteiger partial charge in [0.05, 0.1) is 19.2 Å². The molecule has 1 atom stereocenters. The van der Waals surface area contributed by atoms with Crippen LogP contribution in [0.4, 0.5) is 0 Å². The van der Waals surface area contributed by atoms with Crippen LogP contribution in [0.3, 0.4) is 0 Å². The number of hydrogen-bond donors (Lipinski definition) is 2. The molecular weight excluding hydrogens is 240 g/mol. The van der Waals surface area contributed by atoms with Crippen LogP contribution in [0.1, 0.15) is 24.4 Å². The van der Waals surface area contributed by atoms with Crippen LogP contribution in [-0.2, 0) is 4.79 Å². The van der Waals surface area contributed by atoms with Gasteiger partial charge in [-0.3, -0.25) is 4.79 Å². The van der Waals surface area contributed by atoms with E-state index in [1.807, 2.05) is 12.1 Å². The molecule has 1 aliphatic heterocycles. The molecule has 4 nitrogen and oxygen atoms in total. The molecule has 2 rings (SSSR count). The SMILES string of the molecule is NCC(=O)NC1CCCOc2ccc(Cl)cc21. The first-order chi connectivity index (χ1) is 8.20. The van der Waals surface area contributed by atoms with Gasteiger partial charge >= 0.3 is 0 Å². The lowest BCUT2D eigenvalue weighted by Gasteiger charge is -2.18. The van der Waals surface area contributed by atoms with Crippen molar-refractivity contribution in [3.05, 3.63) is 28.8 Å². The molecule has 0 bridgehead atoms. The third kappa shape index (κ3) is 2.90. The van der Waals surface area contributed by atoms with Crippen molar-refractivity contribution in [3.63, 3.8) is 0 Å². The summed E-state index contributed by atoms with van der Waals surface area (Å²) in [5.74, 6) is 0.622. The molecule has 0 aliphatic carbocycles. The number of rotatable bonds is 2. The second-order valence-electron chi connectivity index (χ2n) is 4.00. The van der Waals surface area contributed by atoms with E-state index < -0.39 is 0 Å². The van der Waals surface area contributed by atoms with Crippen molar-refractivity contribution in [2.45, 2.75) is 18.9 Å². The van der Waals surface area contributed by atoms with E-state index in [2.05, 4.69) is 5.32 Å². The Morgan fingerprint density at radius 2 is 2.41 bits per heavy atom. The number of benzene rings is 1. The van der Waals surface area contributed by atoms with Gasteiger partial charge in [0.25, 0.3) is 0 Å². The number of amides is 1. The quantitative estimate of drug-likeness (QED) is 0.843. The third-order valence-corrected chi connectivity index (χ3v) is 3.00. The Hall–Kier alpha value is -1.26. The van der Waals surface area contributed by atoms with E-state index in [1.165, 1.54) is 0 Å². The Bertz CT molecular complexity index is 423. The molecule has 1 unspecified atom stereocenters. The van der Waals surface area contributed by atoms with Gasteiger partial charge < -0.3 is 15.8 Å². The fourth-order valence-electron chi connectivity index (χ4n) is 1.95. The number of halogens is 1. The molecule has 0 saturated carbocycles. The molecule has 1 aromatic rings. The number of nitrogens with one attached hydrogen (secondary N) is 1. The standard InChI is InChI=1S/C12H15ClN2O2/c13-8-3-4-11-9(6-8)10(2-1-5-17-11)15-12(16)7-14/h3-4,6,10H,1-2,5,7,14H2,(H,15,16). The summed E-state index contributed by atoms with van der Waals surface area (Å²) in [6.07, 6.45) is 1.72. The molecule has 17 heavy (non-hydrogen) atoms. The number of carbonyl (C=O) groups excluding carboxylic acids is 1. The van der Waals surface area contributed by atoms with Gasteiger partial charge in [-0.25, -0.2) is 0 Å². The normalized spacial score (nSPS) is 18.8. The molecular formula is C12H15ClN2O2. The van der Waals surface area contributed by atoms with Crippen LogP contribution < -0.4 is 15.8 Å². The predicted molar refractivity (Wildman–Crippen MR) is 66.1 cm³/mol. The molecule has 0 radical (unpaired) electrons. The lowest BCUT2D eigenvalue weighted by Crippen LogP contribution is -2.33. The minimum atomic E-state index is -0.164. The van der Waals surface area contributed by atoms with E-state index in [1.54, 1.807) is 6.07 Å². The van der Waals surface area contributed by atoms with Crippen molar-refractivity contribution in [2.75, 3.05) is 13.2 Å². The van der Waals surface area contributed by atoms with Gasteiger partial charge in [-0.2, -0.15) is 0 Å². The van der Waals surface area contributed by atoms with E-state index in [0.717, 1.165) is 24.2 Å². The molecule has 92 valence electrons. The van der Waals surface area contributed by atoms with E-state index >= 15 is 0 Å². The first-order valence-electron chi connectivity index (χ1n) is 5.62. The lowest BCUT2D eigenvalue weighted by atomic mass is 10.0. The summed E-state index contributed by atoms with van der Waals surface area (Å²) in [4.78, 5) is 11.4. The highest BCUT2D eigenvalue weighted by atomic mass is 35.5. The Morgan fingerprint density at radius 1 is 1.59 bits per heavy atom. The summed E-state index contributed by atoms with van der Waals surface area (Å²) in [6, 6.07) is 5.39. The summed E-state index contributed by atoms with van der Waals surface area (Å²) < 4.78 is 5.61. The average molecular weight is 255 g/mol. The summed E-state index contributed by atoms with van der Waals surface area (Å²) in [5.41, 5.74) is 6.24. The van der Waals surface area contributed by atoms with Gasteiger partial charge in [-0.1, -0.05) is 11.6 Å². The Kier molecular flexibility index (Phi) is 3.86. The summed E-state index contributed by atoms with van der Waals surface area (Å²) in [7, 11) is 0. The maximum Gasteiger partial charge on any atom is 0.234 e. The zero-order valence-corrected chi connectivity index (χ0v) is 10.2. The maximum atomic E-state index is 11.4. The molecule has 0 fully saturated rings. The molecule has 1 heterocycles. The van der Waals surface area contributed by atoms with Gasteiger partial charge in [-0.05, 0) is 31.0 Å². The smallest absolute Gasteiger partial charge is 0.234 e. The highest BCUT2D eigenvalue weighted by Crippen LogP contribution is 2.33. The average Bonchev–Trinajstić information content (AvgIpc) is 2.52. The zero-order valence-electron chi connectivity index (χ0n) is 9.41. The third-order valence-electron chi connectivity index (χ3n) is 2.76. The van der Waals surface area contributed by atoms with Gasteiger partial charge in [0.15, 0.2) is 0 Å².